The Kier molecular flexibility index (Phi) is 5.81. The van der Waals surface area contributed by atoms with Gasteiger partial charge in [-0.3, -0.25) is 0 Å². The number of thioether (sulfide) groups is 1. The van der Waals surface area contributed by atoms with Crippen LogP contribution in [0.3, 0.4) is 0 Å². The van der Waals surface area contributed by atoms with E-state index in [1.165, 1.54) is 10.5 Å². The standard InChI is InChI=1S/C15H17F3N4S/c1-10(3-4-11-5-7-12(23-2)8-6-11)21-14-20-9-19-13(22-14)15(16,17)18/h5-10H,3-4H2,1-2H3,(H,19,20,21,22). The van der Waals surface area contributed by atoms with E-state index < -0.39 is 12.0 Å². The van der Waals surface area contributed by atoms with Crippen LogP contribution in [-0.2, 0) is 12.6 Å². The predicted octanol–water partition coefficient (Wildman–Crippen LogP) is 4.05. The highest BCUT2D eigenvalue weighted by molar-refractivity contribution is 7.98. The van der Waals surface area contributed by atoms with Crippen LogP contribution in [0.2, 0.25) is 0 Å². The molecule has 8 heteroatoms. The smallest absolute Gasteiger partial charge is 0.352 e. The Hall–Kier alpha value is -1.83. The fraction of sp³-hybridized carbons (Fsp3) is 0.400. The van der Waals surface area contributed by atoms with E-state index in [0.717, 1.165) is 19.2 Å². The summed E-state index contributed by atoms with van der Waals surface area (Å²) >= 11 is 1.68. The summed E-state index contributed by atoms with van der Waals surface area (Å²) in [6, 6.07) is 8.17. The molecular formula is C15H17F3N4S. The Labute approximate surface area is 137 Å². The van der Waals surface area contributed by atoms with E-state index >= 15 is 0 Å². The van der Waals surface area contributed by atoms with Crippen LogP contribution in [0.15, 0.2) is 35.5 Å². The highest BCUT2D eigenvalue weighted by Gasteiger charge is 2.35. The van der Waals surface area contributed by atoms with Gasteiger partial charge in [-0.15, -0.1) is 11.8 Å². The molecule has 124 valence electrons. The summed E-state index contributed by atoms with van der Waals surface area (Å²) < 4.78 is 37.7. The summed E-state index contributed by atoms with van der Waals surface area (Å²) in [6.45, 7) is 1.88. The lowest BCUT2D eigenvalue weighted by atomic mass is 10.1. The molecule has 0 aliphatic rings. The number of hydrogen-bond donors (Lipinski definition) is 1. The number of alkyl halides is 3. The molecule has 0 bridgehead atoms. The minimum atomic E-state index is -4.57. The highest BCUT2D eigenvalue weighted by atomic mass is 32.2. The first-order valence-corrected chi connectivity index (χ1v) is 8.26. The first-order valence-electron chi connectivity index (χ1n) is 7.04. The van der Waals surface area contributed by atoms with E-state index in [2.05, 4.69) is 44.5 Å². The summed E-state index contributed by atoms with van der Waals surface area (Å²) in [5, 5.41) is 2.88. The van der Waals surface area contributed by atoms with Gasteiger partial charge in [0.2, 0.25) is 11.8 Å². The van der Waals surface area contributed by atoms with Gasteiger partial charge in [0.25, 0.3) is 0 Å². The number of anilines is 1. The van der Waals surface area contributed by atoms with Crippen molar-refractivity contribution in [2.45, 2.75) is 36.9 Å². The molecule has 1 atom stereocenters. The molecular weight excluding hydrogens is 325 g/mol. The normalized spacial score (nSPS) is 12.9. The molecule has 0 spiro atoms. The van der Waals surface area contributed by atoms with Gasteiger partial charge in [-0.2, -0.15) is 18.2 Å². The first-order chi connectivity index (χ1) is 10.9. The van der Waals surface area contributed by atoms with Crippen molar-refractivity contribution in [2.24, 2.45) is 0 Å². The zero-order chi connectivity index (χ0) is 16.9. The lowest BCUT2D eigenvalue weighted by molar-refractivity contribution is -0.145. The van der Waals surface area contributed by atoms with Crippen LogP contribution in [0.4, 0.5) is 19.1 Å². The van der Waals surface area contributed by atoms with E-state index in [0.29, 0.717) is 0 Å². The second kappa shape index (κ2) is 7.63. The minimum Gasteiger partial charge on any atom is -0.352 e. The van der Waals surface area contributed by atoms with Crippen LogP contribution in [-0.4, -0.2) is 27.2 Å². The van der Waals surface area contributed by atoms with Crippen LogP contribution in [0.5, 0.6) is 0 Å². The van der Waals surface area contributed by atoms with E-state index in [1.807, 2.05) is 13.2 Å². The topological polar surface area (TPSA) is 50.7 Å². The second-order valence-corrected chi connectivity index (χ2v) is 5.94. The molecule has 0 aliphatic heterocycles. The molecule has 0 aliphatic carbocycles. The van der Waals surface area contributed by atoms with E-state index in [1.54, 1.807) is 11.8 Å². The van der Waals surface area contributed by atoms with Gasteiger partial charge in [0, 0.05) is 10.9 Å². The van der Waals surface area contributed by atoms with Crippen molar-refractivity contribution in [3.8, 4) is 0 Å². The summed E-state index contributed by atoms with van der Waals surface area (Å²) in [5.41, 5.74) is 1.18. The molecule has 0 saturated heterocycles. The van der Waals surface area contributed by atoms with Crippen molar-refractivity contribution < 1.29 is 13.2 Å². The molecule has 0 saturated carbocycles. The highest BCUT2D eigenvalue weighted by Crippen LogP contribution is 2.26. The summed E-state index contributed by atoms with van der Waals surface area (Å²) in [5.74, 6) is -1.24. The van der Waals surface area contributed by atoms with Crippen LogP contribution in [0, 0.1) is 0 Å². The fourth-order valence-corrected chi connectivity index (χ4v) is 2.38. The van der Waals surface area contributed by atoms with Crippen molar-refractivity contribution in [2.75, 3.05) is 11.6 Å². The van der Waals surface area contributed by atoms with E-state index in [-0.39, 0.29) is 12.0 Å². The monoisotopic (exact) mass is 342 g/mol. The maximum absolute atomic E-state index is 12.6. The van der Waals surface area contributed by atoms with Crippen molar-refractivity contribution >= 4 is 17.7 Å². The van der Waals surface area contributed by atoms with Gasteiger partial charge in [0.1, 0.15) is 6.33 Å². The summed E-state index contributed by atoms with van der Waals surface area (Å²) in [7, 11) is 0. The lowest BCUT2D eigenvalue weighted by Gasteiger charge is -2.14. The molecule has 4 nitrogen and oxygen atoms in total. The number of halogens is 3. The lowest BCUT2D eigenvalue weighted by Crippen LogP contribution is -2.20. The van der Waals surface area contributed by atoms with E-state index in [4.69, 9.17) is 0 Å². The third-order valence-electron chi connectivity index (χ3n) is 3.23. The Bertz CT molecular complexity index is 631. The molecule has 1 aromatic heterocycles. The average Bonchev–Trinajstić information content (AvgIpc) is 2.53. The van der Waals surface area contributed by atoms with Crippen molar-refractivity contribution in [3.63, 3.8) is 0 Å². The average molecular weight is 342 g/mol. The SMILES string of the molecule is CSc1ccc(CCC(C)Nc2ncnc(C(F)(F)F)n2)cc1. The molecule has 1 unspecified atom stereocenters. The molecule has 0 radical (unpaired) electrons. The first kappa shape index (κ1) is 17.5. The van der Waals surface area contributed by atoms with Gasteiger partial charge in [-0.05, 0) is 43.7 Å². The number of aryl methyl sites for hydroxylation is 1. The van der Waals surface area contributed by atoms with Crippen LogP contribution in [0.1, 0.15) is 24.7 Å². The van der Waals surface area contributed by atoms with Gasteiger partial charge in [0.05, 0.1) is 0 Å². The molecule has 1 aromatic carbocycles. The molecule has 2 aromatic rings. The molecule has 1 N–H and O–H groups in total. The van der Waals surface area contributed by atoms with Crippen LogP contribution in [0.25, 0.3) is 0 Å². The van der Waals surface area contributed by atoms with Crippen molar-refractivity contribution in [1.82, 2.24) is 15.0 Å². The quantitative estimate of drug-likeness (QED) is 0.803. The Morgan fingerprint density at radius 1 is 1.17 bits per heavy atom. The number of rotatable bonds is 6. The van der Waals surface area contributed by atoms with Crippen molar-refractivity contribution in [1.29, 1.82) is 0 Å². The molecule has 0 amide bonds. The second-order valence-electron chi connectivity index (χ2n) is 5.06. The zero-order valence-electron chi connectivity index (χ0n) is 12.8. The van der Waals surface area contributed by atoms with Gasteiger partial charge < -0.3 is 5.32 Å². The Morgan fingerprint density at radius 3 is 2.48 bits per heavy atom. The summed E-state index contributed by atoms with van der Waals surface area (Å²) in [6.07, 6.45) is -0.107. The maximum Gasteiger partial charge on any atom is 0.451 e. The van der Waals surface area contributed by atoms with Crippen LogP contribution >= 0.6 is 11.8 Å². The minimum absolute atomic E-state index is 0.0567. The van der Waals surface area contributed by atoms with Gasteiger partial charge in [-0.25, -0.2) is 9.97 Å². The maximum atomic E-state index is 12.6. The molecule has 23 heavy (non-hydrogen) atoms. The summed E-state index contributed by atoms with van der Waals surface area (Å²) in [4.78, 5) is 11.5. The number of hydrogen-bond acceptors (Lipinski definition) is 5. The number of benzene rings is 1. The third-order valence-corrected chi connectivity index (χ3v) is 3.97. The van der Waals surface area contributed by atoms with Gasteiger partial charge in [0.15, 0.2) is 0 Å². The number of nitrogens with one attached hydrogen (secondary N) is 1. The van der Waals surface area contributed by atoms with Gasteiger partial charge >= 0.3 is 6.18 Å². The largest absolute Gasteiger partial charge is 0.451 e. The van der Waals surface area contributed by atoms with Crippen LogP contribution < -0.4 is 5.32 Å². The Morgan fingerprint density at radius 2 is 1.87 bits per heavy atom. The van der Waals surface area contributed by atoms with Gasteiger partial charge in [-0.1, -0.05) is 12.1 Å². The third kappa shape index (κ3) is 5.38. The molecule has 0 fully saturated rings. The molecule has 1 heterocycles. The zero-order valence-corrected chi connectivity index (χ0v) is 13.6. The number of aromatic nitrogens is 3. The predicted molar refractivity (Wildman–Crippen MR) is 84.5 cm³/mol. The van der Waals surface area contributed by atoms with Crippen molar-refractivity contribution in [3.05, 3.63) is 42.0 Å². The Balaban J connectivity index is 1.90. The molecule has 2 rings (SSSR count). The van der Waals surface area contributed by atoms with E-state index in [9.17, 15) is 13.2 Å². The number of nitrogens with zero attached hydrogens (tertiary/aromatic N) is 3. The fourth-order valence-electron chi connectivity index (χ4n) is 1.97.